The minimum atomic E-state index is -0.814. The molecule has 1 unspecified atom stereocenters. The lowest BCUT2D eigenvalue weighted by Gasteiger charge is -2.14. The maximum Gasteiger partial charge on any atom is 0.254 e. The average molecular weight is 300 g/mol. The Morgan fingerprint density at radius 1 is 1.19 bits per heavy atom. The molecule has 0 aliphatic carbocycles. The van der Waals surface area contributed by atoms with E-state index in [4.69, 9.17) is 17.3 Å². The second-order valence-electron chi connectivity index (χ2n) is 4.90. The molecule has 0 radical (unpaired) electrons. The maximum atomic E-state index is 12.7. The van der Waals surface area contributed by atoms with E-state index < -0.39 is 6.17 Å². The molecule has 3 rings (SSSR count). The van der Waals surface area contributed by atoms with Crippen molar-refractivity contribution in [3.05, 3.63) is 69.9 Å². The highest BCUT2D eigenvalue weighted by Gasteiger charge is 2.28. The van der Waals surface area contributed by atoms with Gasteiger partial charge in [-0.15, -0.1) is 0 Å². The van der Waals surface area contributed by atoms with Gasteiger partial charge in [-0.2, -0.15) is 4.74 Å². The first kappa shape index (κ1) is 13.8. The molecular weight excluding hydrogens is 286 g/mol. The largest absolute Gasteiger partial charge is 0.622 e. The van der Waals surface area contributed by atoms with E-state index in [1.54, 1.807) is 25.1 Å². The van der Waals surface area contributed by atoms with Crippen molar-refractivity contribution in [2.45, 2.75) is 13.1 Å². The second kappa shape index (κ2) is 5.31. The van der Waals surface area contributed by atoms with Gasteiger partial charge in [-0.05, 0) is 37.3 Å². The molecule has 0 amide bonds. The molecule has 2 aromatic rings. The Labute approximate surface area is 127 Å². The van der Waals surface area contributed by atoms with E-state index in [0.717, 1.165) is 10.3 Å². The molecule has 4 nitrogen and oxygen atoms in total. The van der Waals surface area contributed by atoms with Crippen LogP contribution in [0.15, 0.2) is 53.5 Å². The van der Waals surface area contributed by atoms with Gasteiger partial charge in [-0.25, -0.2) is 4.99 Å². The molecular formula is C16H14ClN3O. The minimum absolute atomic E-state index is 0.487. The van der Waals surface area contributed by atoms with Gasteiger partial charge in [0.05, 0.1) is 17.0 Å². The first-order valence-electron chi connectivity index (χ1n) is 6.57. The molecule has 2 N–H and O–H groups in total. The van der Waals surface area contributed by atoms with E-state index in [1.165, 1.54) is 0 Å². The van der Waals surface area contributed by atoms with Crippen LogP contribution in [0.5, 0.6) is 0 Å². The van der Waals surface area contributed by atoms with E-state index in [1.807, 2.05) is 30.3 Å². The molecule has 1 aliphatic heterocycles. The lowest BCUT2D eigenvalue weighted by Crippen LogP contribution is -2.40. The quantitative estimate of drug-likeness (QED) is 0.649. The molecule has 1 atom stereocenters. The summed E-state index contributed by atoms with van der Waals surface area (Å²) in [7, 11) is 0. The van der Waals surface area contributed by atoms with Crippen molar-refractivity contribution in [3.8, 4) is 0 Å². The fourth-order valence-corrected chi connectivity index (χ4v) is 2.53. The fourth-order valence-electron chi connectivity index (χ4n) is 2.36. The molecule has 106 valence electrons. The van der Waals surface area contributed by atoms with E-state index in [0.29, 0.717) is 27.7 Å². The summed E-state index contributed by atoms with van der Waals surface area (Å²) in [6.07, 6.45) is -0.814. The Morgan fingerprint density at radius 2 is 1.90 bits per heavy atom. The summed E-state index contributed by atoms with van der Waals surface area (Å²) in [5, 5.41) is 13.2. The van der Waals surface area contributed by atoms with E-state index >= 15 is 0 Å². The van der Waals surface area contributed by atoms with Crippen LogP contribution in [0, 0.1) is 5.21 Å². The molecule has 0 aromatic heterocycles. The number of hydrogen-bond donors (Lipinski definition) is 1. The molecule has 1 heterocycles. The summed E-state index contributed by atoms with van der Waals surface area (Å²) >= 11 is 6.09. The third-order valence-electron chi connectivity index (χ3n) is 3.46. The molecule has 0 bridgehead atoms. The van der Waals surface area contributed by atoms with Crippen molar-refractivity contribution in [2.24, 2.45) is 10.7 Å². The maximum absolute atomic E-state index is 12.7. The highest BCUT2D eigenvalue weighted by atomic mass is 35.5. The van der Waals surface area contributed by atoms with Crippen LogP contribution in [-0.4, -0.2) is 22.3 Å². The number of nitrogens with two attached hydrogens (primary N) is 1. The second-order valence-corrected chi connectivity index (χ2v) is 5.34. The predicted molar refractivity (Wildman–Crippen MR) is 85.5 cm³/mol. The molecule has 0 fully saturated rings. The zero-order chi connectivity index (χ0) is 15.0. The highest BCUT2D eigenvalue weighted by Crippen LogP contribution is 2.28. The smallest absolute Gasteiger partial charge is 0.254 e. The minimum Gasteiger partial charge on any atom is -0.622 e. The first-order chi connectivity index (χ1) is 10.1. The van der Waals surface area contributed by atoms with Crippen LogP contribution in [0.3, 0.4) is 0 Å². The Morgan fingerprint density at radius 3 is 2.62 bits per heavy atom. The van der Waals surface area contributed by atoms with Crippen LogP contribution < -0.4 is 5.73 Å². The Bertz CT molecular complexity index is 753. The topological polar surface area (TPSA) is 64.5 Å². The lowest BCUT2D eigenvalue weighted by atomic mass is 10.0. The van der Waals surface area contributed by atoms with Gasteiger partial charge >= 0.3 is 0 Å². The Kier molecular flexibility index (Phi) is 3.49. The third-order valence-corrected chi connectivity index (χ3v) is 3.69. The van der Waals surface area contributed by atoms with Gasteiger partial charge in [0.15, 0.2) is 0 Å². The van der Waals surface area contributed by atoms with Crippen LogP contribution in [-0.2, 0) is 0 Å². The highest BCUT2D eigenvalue weighted by molar-refractivity contribution is 6.31. The Hall–Kier alpha value is -2.17. The number of halogens is 1. The molecule has 1 aliphatic rings. The van der Waals surface area contributed by atoms with Gasteiger partial charge < -0.3 is 5.21 Å². The third kappa shape index (κ3) is 2.44. The van der Waals surface area contributed by atoms with Gasteiger partial charge in [0, 0.05) is 10.6 Å². The fraction of sp³-hybridized carbons (Fsp3) is 0.125. The standard InChI is InChI=1S/C16H14ClN3O/c1-10-16(18)20(21)15(11-5-3-2-4-6-11)13-9-12(17)7-8-14(13)19-10/h2-9,16H,18H2,1H3. The number of fused-ring (bicyclic) bond motifs is 1. The summed E-state index contributed by atoms with van der Waals surface area (Å²) in [5.74, 6) is 0. The number of hydrogen-bond acceptors (Lipinski definition) is 3. The van der Waals surface area contributed by atoms with Crippen molar-refractivity contribution in [1.82, 2.24) is 0 Å². The average Bonchev–Trinajstić information content (AvgIpc) is 2.58. The predicted octanol–water partition coefficient (Wildman–Crippen LogP) is 3.08. The summed E-state index contributed by atoms with van der Waals surface area (Å²) in [4.78, 5) is 4.46. The van der Waals surface area contributed by atoms with Crippen LogP contribution in [0.1, 0.15) is 18.1 Å². The number of benzene rings is 2. The molecule has 21 heavy (non-hydrogen) atoms. The van der Waals surface area contributed by atoms with Crippen LogP contribution >= 0.6 is 11.6 Å². The van der Waals surface area contributed by atoms with Crippen LogP contribution in [0.2, 0.25) is 5.02 Å². The number of hydroxylamine groups is 1. The first-order valence-corrected chi connectivity index (χ1v) is 6.95. The molecule has 0 saturated heterocycles. The summed E-state index contributed by atoms with van der Waals surface area (Å²) in [5.41, 5.74) is 9.23. The number of aliphatic imine (C=N–C) groups is 1. The van der Waals surface area contributed by atoms with E-state index in [9.17, 15) is 5.21 Å². The summed E-state index contributed by atoms with van der Waals surface area (Å²) in [6.45, 7) is 1.75. The van der Waals surface area contributed by atoms with E-state index in [2.05, 4.69) is 4.99 Å². The summed E-state index contributed by atoms with van der Waals surface area (Å²) < 4.78 is 0.802. The van der Waals surface area contributed by atoms with Crippen molar-refractivity contribution in [2.75, 3.05) is 0 Å². The lowest BCUT2D eigenvalue weighted by molar-refractivity contribution is -0.478. The molecule has 0 spiro atoms. The van der Waals surface area contributed by atoms with Crippen molar-refractivity contribution in [3.63, 3.8) is 0 Å². The SMILES string of the molecule is CC1=Nc2ccc(Cl)cc2C(c2ccccc2)=[N+]([O-])C1N. The van der Waals surface area contributed by atoms with Crippen molar-refractivity contribution < 1.29 is 4.74 Å². The normalized spacial score (nSPS) is 18.0. The van der Waals surface area contributed by atoms with Crippen LogP contribution in [0.25, 0.3) is 0 Å². The van der Waals surface area contributed by atoms with Crippen molar-refractivity contribution in [1.29, 1.82) is 0 Å². The van der Waals surface area contributed by atoms with Gasteiger partial charge in [0.2, 0.25) is 5.71 Å². The van der Waals surface area contributed by atoms with Crippen LogP contribution in [0.4, 0.5) is 5.69 Å². The number of rotatable bonds is 1. The molecule has 2 aromatic carbocycles. The van der Waals surface area contributed by atoms with Crippen molar-refractivity contribution >= 4 is 28.7 Å². The van der Waals surface area contributed by atoms with Gasteiger partial charge in [0.25, 0.3) is 6.17 Å². The monoisotopic (exact) mass is 299 g/mol. The Balaban J connectivity index is 2.34. The zero-order valence-corrected chi connectivity index (χ0v) is 12.2. The van der Waals surface area contributed by atoms with Gasteiger partial charge in [-0.1, -0.05) is 29.8 Å². The molecule has 5 heteroatoms. The summed E-state index contributed by atoms with van der Waals surface area (Å²) in [6, 6.07) is 14.7. The zero-order valence-electron chi connectivity index (χ0n) is 11.5. The van der Waals surface area contributed by atoms with Gasteiger partial charge in [-0.3, -0.25) is 5.73 Å². The molecule has 0 saturated carbocycles. The van der Waals surface area contributed by atoms with E-state index in [-0.39, 0.29) is 0 Å². The van der Waals surface area contributed by atoms with Gasteiger partial charge in [0.1, 0.15) is 0 Å². The number of nitrogens with zero attached hydrogens (tertiary/aromatic N) is 2.